The Bertz CT molecular complexity index is 633. The van der Waals surface area contributed by atoms with Crippen molar-refractivity contribution in [2.45, 2.75) is 18.2 Å². The van der Waals surface area contributed by atoms with Gasteiger partial charge >= 0.3 is 5.97 Å². The third kappa shape index (κ3) is 6.12. The molecule has 0 aliphatic carbocycles. The normalized spacial score (nSPS) is 11.0. The number of halogens is 1. The van der Waals surface area contributed by atoms with Crippen molar-refractivity contribution in [3.63, 3.8) is 0 Å². The molecule has 0 heterocycles. The smallest absolute Gasteiger partial charge is 0.321 e. The zero-order chi connectivity index (χ0) is 16.6. The molecule has 0 aromatic heterocycles. The van der Waals surface area contributed by atoms with Crippen molar-refractivity contribution in [1.29, 1.82) is 0 Å². The molecule has 22 heavy (non-hydrogen) atoms. The quantitative estimate of drug-likeness (QED) is 0.637. The fourth-order valence-corrected chi connectivity index (χ4v) is 3.38. The summed E-state index contributed by atoms with van der Waals surface area (Å²) in [6.07, 6.45) is 0.769. The molecule has 122 valence electrons. The lowest BCUT2D eigenvalue weighted by molar-refractivity contribution is -0.147. The molecule has 0 saturated heterocycles. The number of nitrogens with one attached hydrogen (secondary N) is 2. The Labute approximate surface area is 137 Å². The van der Waals surface area contributed by atoms with E-state index >= 15 is 0 Å². The molecule has 0 saturated carbocycles. The number of ether oxygens (including phenoxy) is 1. The second kappa shape index (κ2) is 8.86. The zero-order valence-electron chi connectivity index (χ0n) is 12.0. The van der Waals surface area contributed by atoms with Gasteiger partial charge in [-0.15, -0.1) is 0 Å². The first-order chi connectivity index (χ1) is 10.4. The van der Waals surface area contributed by atoms with E-state index in [0.717, 1.165) is 6.42 Å². The van der Waals surface area contributed by atoms with Crippen LogP contribution in [-0.2, 0) is 24.3 Å². The molecule has 1 rings (SSSR count). The first kappa shape index (κ1) is 18.6. The van der Waals surface area contributed by atoms with Gasteiger partial charge in [0.2, 0.25) is 10.0 Å². The fraction of sp³-hybridized carbons (Fsp3) is 0.385. The molecule has 0 unspecified atom stereocenters. The third-order valence-corrected chi connectivity index (χ3v) is 4.88. The molecule has 2 N–H and O–H groups in total. The van der Waals surface area contributed by atoms with E-state index in [4.69, 9.17) is 0 Å². The van der Waals surface area contributed by atoms with Gasteiger partial charge in [-0.2, -0.15) is 4.72 Å². The van der Waals surface area contributed by atoms with Crippen LogP contribution in [0.1, 0.15) is 13.3 Å². The highest BCUT2D eigenvalue weighted by molar-refractivity contribution is 9.10. The lowest BCUT2D eigenvalue weighted by atomic mass is 10.4. The van der Waals surface area contributed by atoms with Crippen molar-refractivity contribution >= 4 is 37.8 Å². The summed E-state index contributed by atoms with van der Waals surface area (Å²) in [5, 5.41) is 2.53. The van der Waals surface area contributed by atoms with Crippen LogP contribution in [-0.4, -0.2) is 40.0 Å². The number of sulfonamides is 1. The largest absolute Gasteiger partial charge is 0.455 e. The Morgan fingerprint density at radius 1 is 1.27 bits per heavy atom. The number of carbonyl (C=O) groups is 2. The number of rotatable bonds is 8. The molecule has 9 heteroatoms. The van der Waals surface area contributed by atoms with Crippen LogP contribution in [0.3, 0.4) is 0 Å². The Hall–Kier alpha value is -1.45. The maximum absolute atomic E-state index is 12.0. The summed E-state index contributed by atoms with van der Waals surface area (Å²) < 4.78 is 31.2. The van der Waals surface area contributed by atoms with E-state index in [1.54, 1.807) is 18.2 Å². The van der Waals surface area contributed by atoms with Crippen LogP contribution in [0.5, 0.6) is 0 Å². The Morgan fingerprint density at radius 2 is 1.95 bits per heavy atom. The standard InChI is InChI=1S/C13H17BrN2O5S/c1-2-7-15-12(17)9-21-13(18)8-16-22(19,20)11-6-4-3-5-10(11)14/h3-6,16H,2,7-9H2,1H3,(H,15,17). The molecule has 0 aliphatic rings. The molecule has 0 atom stereocenters. The molecule has 0 radical (unpaired) electrons. The van der Waals surface area contributed by atoms with E-state index < -0.39 is 35.1 Å². The van der Waals surface area contributed by atoms with E-state index in [2.05, 4.69) is 30.7 Å². The lowest BCUT2D eigenvalue weighted by Crippen LogP contribution is -2.34. The number of hydrogen-bond acceptors (Lipinski definition) is 5. The molecule has 0 fully saturated rings. The number of benzene rings is 1. The number of amides is 1. The van der Waals surface area contributed by atoms with Gasteiger partial charge in [0.05, 0.1) is 4.90 Å². The molecule has 1 aromatic rings. The summed E-state index contributed by atoms with van der Waals surface area (Å²) >= 11 is 3.12. The average Bonchev–Trinajstić information content (AvgIpc) is 2.49. The van der Waals surface area contributed by atoms with Gasteiger partial charge in [0.1, 0.15) is 6.54 Å². The molecule has 0 bridgehead atoms. The highest BCUT2D eigenvalue weighted by atomic mass is 79.9. The van der Waals surface area contributed by atoms with Crippen molar-refractivity contribution in [3.05, 3.63) is 28.7 Å². The summed E-state index contributed by atoms with van der Waals surface area (Å²) in [6, 6.07) is 6.21. The van der Waals surface area contributed by atoms with E-state index in [1.165, 1.54) is 6.07 Å². The lowest BCUT2D eigenvalue weighted by Gasteiger charge is -2.08. The number of esters is 1. The Balaban J connectivity index is 2.47. The molecular formula is C13H17BrN2O5S. The van der Waals surface area contributed by atoms with Crippen LogP contribution in [0, 0.1) is 0 Å². The van der Waals surface area contributed by atoms with E-state index in [-0.39, 0.29) is 4.90 Å². The monoisotopic (exact) mass is 392 g/mol. The predicted molar refractivity (Wildman–Crippen MR) is 83.6 cm³/mol. The first-order valence-electron chi connectivity index (χ1n) is 6.53. The maximum atomic E-state index is 12.0. The SMILES string of the molecule is CCCNC(=O)COC(=O)CNS(=O)(=O)c1ccccc1Br. The van der Waals surface area contributed by atoms with Crippen LogP contribution < -0.4 is 10.0 Å². The predicted octanol–water partition coefficient (Wildman–Crippen LogP) is 0.797. The van der Waals surface area contributed by atoms with Gasteiger partial charge in [0, 0.05) is 11.0 Å². The minimum Gasteiger partial charge on any atom is -0.455 e. The highest BCUT2D eigenvalue weighted by Gasteiger charge is 2.18. The Kier molecular flexibility index (Phi) is 7.49. The summed E-state index contributed by atoms with van der Waals surface area (Å²) in [7, 11) is -3.84. The minimum atomic E-state index is -3.84. The third-order valence-electron chi connectivity index (χ3n) is 2.47. The summed E-state index contributed by atoms with van der Waals surface area (Å²) in [5.74, 6) is -1.26. The summed E-state index contributed by atoms with van der Waals surface area (Å²) in [6.45, 7) is 1.40. The van der Waals surface area contributed by atoms with E-state index in [9.17, 15) is 18.0 Å². The zero-order valence-corrected chi connectivity index (χ0v) is 14.4. The second-order valence-electron chi connectivity index (χ2n) is 4.27. The van der Waals surface area contributed by atoms with Gasteiger partial charge in [0.15, 0.2) is 6.61 Å². The minimum absolute atomic E-state index is 0.0171. The fourth-order valence-electron chi connectivity index (χ4n) is 1.41. The van der Waals surface area contributed by atoms with Gasteiger partial charge in [-0.3, -0.25) is 9.59 Å². The number of carbonyl (C=O) groups excluding carboxylic acids is 2. The van der Waals surface area contributed by atoms with Crippen LogP contribution >= 0.6 is 15.9 Å². The topological polar surface area (TPSA) is 102 Å². The van der Waals surface area contributed by atoms with Gasteiger partial charge in [-0.1, -0.05) is 19.1 Å². The molecule has 7 nitrogen and oxygen atoms in total. The first-order valence-corrected chi connectivity index (χ1v) is 8.81. The summed E-state index contributed by atoms with van der Waals surface area (Å²) in [4.78, 5) is 22.7. The maximum Gasteiger partial charge on any atom is 0.321 e. The van der Waals surface area contributed by atoms with Gasteiger partial charge in [0.25, 0.3) is 5.91 Å². The van der Waals surface area contributed by atoms with Crippen molar-refractivity contribution in [3.8, 4) is 0 Å². The van der Waals surface area contributed by atoms with E-state index in [0.29, 0.717) is 11.0 Å². The van der Waals surface area contributed by atoms with Crippen molar-refractivity contribution in [1.82, 2.24) is 10.0 Å². The van der Waals surface area contributed by atoms with Crippen molar-refractivity contribution in [2.24, 2.45) is 0 Å². The van der Waals surface area contributed by atoms with Gasteiger partial charge < -0.3 is 10.1 Å². The van der Waals surface area contributed by atoms with Crippen molar-refractivity contribution in [2.75, 3.05) is 19.7 Å². The van der Waals surface area contributed by atoms with Crippen LogP contribution in [0.15, 0.2) is 33.6 Å². The van der Waals surface area contributed by atoms with Gasteiger partial charge in [-0.25, -0.2) is 8.42 Å². The molecule has 1 aromatic carbocycles. The summed E-state index contributed by atoms with van der Waals surface area (Å²) in [5.41, 5.74) is 0. The molecule has 0 spiro atoms. The molecule has 0 aliphatic heterocycles. The van der Waals surface area contributed by atoms with E-state index in [1.807, 2.05) is 6.92 Å². The van der Waals surface area contributed by atoms with Crippen molar-refractivity contribution < 1.29 is 22.7 Å². The number of hydrogen-bond donors (Lipinski definition) is 2. The average molecular weight is 393 g/mol. The van der Waals surface area contributed by atoms with Crippen LogP contribution in [0.4, 0.5) is 0 Å². The highest BCUT2D eigenvalue weighted by Crippen LogP contribution is 2.20. The second-order valence-corrected chi connectivity index (χ2v) is 6.86. The van der Waals surface area contributed by atoms with Crippen LogP contribution in [0.2, 0.25) is 0 Å². The van der Waals surface area contributed by atoms with Crippen LogP contribution in [0.25, 0.3) is 0 Å². The molecule has 1 amide bonds. The Morgan fingerprint density at radius 3 is 2.59 bits per heavy atom. The van der Waals surface area contributed by atoms with Gasteiger partial charge in [-0.05, 0) is 34.5 Å². The molecular weight excluding hydrogens is 376 g/mol.